The molecule has 4 nitrogen and oxygen atoms in total. The van der Waals surface area contributed by atoms with Crippen molar-refractivity contribution >= 4 is 45.6 Å². The van der Waals surface area contributed by atoms with Crippen LogP contribution in [-0.2, 0) is 6.54 Å². The Balaban J connectivity index is 1.63. The van der Waals surface area contributed by atoms with Crippen molar-refractivity contribution in [1.82, 2.24) is 9.88 Å². The molecular formula is C17H19Cl2N3OS. The largest absolute Gasteiger partial charge is 0.298 e. The van der Waals surface area contributed by atoms with Crippen LogP contribution < -0.4 is 5.32 Å². The fourth-order valence-electron chi connectivity index (χ4n) is 2.94. The van der Waals surface area contributed by atoms with Crippen molar-refractivity contribution in [3.8, 4) is 0 Å². The number of hydrogen-bond donors (Lipinski definition) is 1. The van der Waals surface area contributed by atoms with Gasteiger partial charge in [0.25, 0.3) is 5.91 Å². The number of amides is 1. The minimum Gasteiger partial charge on any atom is -0.298 e. The molecule has 1 unspecified atom stereocenters. The summed E-state index contributed by atoms with van der Waals surface area (Å²) in [6.45, 7) is 5.33. The number of benzene rings is 1. The molecule has 1 aliphatic heterocycles. The van der Waals surface area contributed by atoms with Crippen LogP contribution in [0, 0.1) is 5.92 Å². The van der Waals surface area contributed by atoms with Gasteiger partial charge >= 0.3 is 0 Å². The van der Waals surface area contributed by atoms with Crippen molar-refractivity contribution in [2.75, 3.05) is 18.4 Å². The smallest absolute Gasteiger partial charge is 0.259 e. The maximum atomic E-state index is 12.3. The SMILES string of the molecule is CC1CCCN(Cc2csc(NC(=O)c3cccc(Cl)c3Cl)n2)C1. The number of hydrogen-bond acceptors (Lipinski definition) is 4. The molecule has 128 valence electrons. The third-order valence-corrected chi connectivity index (χ3v) is 5.72. The molecule has 0 radical (unpaired) electrons. The number of aromatic nitrogens is 1. The highest BCUT2D eigenvalue weighted by molar-refractivity contribution is 7.14. The molecule has 0 saturated carbocycles. The molecular weight excluding hydrogens is 365 g/mol. The summed E-state index contributed by atoms with van der Waals surface area (Å²) in [6, 6.07) is 5.00. The molecule has 1 aromatic carbocycles. The lowest BCUT2D eigenvalue weighted by Crippen LogP contribution is -2.33. The zero-order chi connectivity index (χ0) is 17.1. The summed E-state index contributed by atoms with van der Waals surface area (Å²) < 4.78 is 0. The van der Waals surface area contributed by atoms with Gasteiger partial charge in [0, 0.05) is 18.5 Å². The number of anilines is 1. The number of thiazole rings is 1. The van der Waals surface area contributed by atoms with Crippen molar-refractivity contribution in [3.05, 3.63) is 44.9 Å². The van der Waals surface area contributed by atoms with Gasteiger partial charge < -0.3 is 0 Å². The molecule has 24 heavy (non-hydrogen) atoms. The number of piperidine rings is 1. The molecule has 7 heteroatoms. The van der Waals surface area contributed by atoms with Crippen LogP contribution in [-0.4, -0.2) is 28.9 Å². The van der Waals surface area contributed by atoms with Crippen LogP contribution in [0.3, 0.4) is 0 Å². The molecule has 1 saturated heterocycles. The molecule has 1 aliphatic rings. The van der Waals surface area contributed by atoms with E-state index >= 15 is 0 Å². The summed E-state index contributed by atoms with van der Waals surface area (Å²) in [5, 5.41) is 6.00. The highest BCUT2D eigenvalue weighted by atomic mass is 35.5. The molecule has 0 spiro atoms. The van der Waals surface area contributed by atoms with Crippen LogP contribution >= 0.6 is 34.5 Å². The van der Waals surface area contributed by atoms with Crippen LogP contribution in [0.4, 0.5) is 5.13 Å². The minimum absolute atomic E-state index is 0.260. The molecule has 2 aromatic rings. The first-order chi connectivity index (χ1) is 11.5. The highest BCUT2D eigenvalue weighted by Crippen LogP contribution is 2.27. The summed E-state index contributed by atoms with van der Waals surface area (Å²) in [6.07, 6.45) is 2.54. The Kier molecular flexibility index (Phi) is 5.76. The normalized spacial score (nSPS) is 18.5. The van der Waals surface area contributed by atoms with Crippen molar-refractivity contribution in [3.63, 3.8) is 0 Å². The van der Waals surface area contributed by atoms with Gasteiger partial charge in [0.05, 0.1) is 21.3 Å². The molecule has 1 fully saturated rings. The summed E-state index contributed by atoms with van der Waals surface area (Å²) in [5.74, 6) is 0.441. The van der Waals surface area contributed by atoms with Gasteiger partial charge in [-0.05, 0) is 37.4 Å². The summed E-state index contributed by atoms with van der Waals surface area (Å²) in [7, 11) is 0. The summed E-state index contributed by atoms with van der Waals surface area (Å²) >= 11 is 13.5. The predicted octanol–water partition coefficient (Wildman–Crippen LogP) is 4.93. The second kappa shape index (κ2) is 7.83. The minimum atomic E-state index is -0.296. The average molecular weight is 384 g/mol. The van der Waals surface area contributed by atoms with Crippen LogP contribution in [0.15, 0.2) is 23.6 Å². The molecule has 0 bridgehead atoms. The van der Waals surface area contributed by atoms with Crippen molar-refractivity contribution in [2.45, 2.75) is 26.3 Å². The van der Waals surface area contributed by atoms with E-state index in [0.717, 1.165) is 31.2 Å². The Morgan fingerprint density at radius 3 is 3.08 bits per heavy atom. The number of rotatable bonds is 4. The van der Waals surface area contributed by atoms with Crippen molar-refractivity contribution in [1.29, 1.82) is 0 Å². The van der Waals surface area contributed by atoms with E-state index in [4.69, 9.17) is 23.2 Å². The van der Waals surface area contributed by atoms with Crippen molar-refractivity contribution in [2.24, 2.45) is 5.92 Å². The Morgan fingerprint density at radius 2 is 2.29 bits per heavy atom. The van der Waals surface area contributed by atoms with Gasteiger partial charge in [0.1, 0.15) is 0 Å². The summed E-state index contributed by atoms with van der Waals surface area (Å²) in [5.41, 5.74) is 1.34. The number of likely N-dealkylation sites (tertiary alicyclic amines) is 1. The van der Waals surface area contributed by atoms with E-state index in [2.05, 4.69) is 22.1 Å². The molecule has 1 atom stereocenters. The number of carbonyl (C=O) groups excluding carboxylic acids is 1. The van der Waals surface area contributed by atoms with Crippen LogP contribution in [0.25, 0.3) is 0 Å². The molecule has 1 N–H and O–H groups in total. The molecule has 1 amide bonds. The molecule has 1 aromatic heterocycles. The van der Waals surface area contributed by atoms with Gasteiger partial charge in [-0.1, -0.05) is 36.2 Å². The van der Waals surface area contributed by atoms with Crippen LogP contribution in [0.5, 0.6) is 0 Å². The van der Waals surface area contributed by atoms with E-state index in [0.29, 0.717) is 15.7 Å². The Labute approximate surface area is 155 Å². The number of nitrogens with zero attached hydrogens (tertiary/aromatic N) is 2. The van der Waals surface area contributed by atoms with Gasteiger partial charge in [0.2, 0.25) is 0 Å². The van der Waals surface area contributed by atoms with E-state index < -0.39 is 0 Å². The quantitative estimate of drug-likeness (QED) is 0.813. The van der Waals surface area contributed by atoms with E-state index in [-0.39, 0.29) is 10.9 Å². The molecule has 0 aliphatic carbocycles. The maximum Gasteiger partial charge on any atom is 0.259 e. The predicted molar refractivity (Wildman–Crippen MR) is 100 cm³/mol. The first kappa shape index (κ1) is 17.7. The molecule has 2 heterocycles. The average Bonchev–Trinajstić information content (AvgIpc) is 2.97. The number of nitrogens with one attached hydrogen (secondary N) is 1. The third-order valence-electron chi connectivity index (χ3n) is 4.10. The van der Waals surface area contributed by atoms with Gasteiger partial charge in [-0.3, -0.25) is 15.0 Å². The van der Waals surface area contributed by atoms with E-state index in [9.17, 15) is 4.79 Å². The lowest BCUT2D eigenvalue weighted by atomic mass is 10.0. The van der Waals surface area contributed by atoms with Gasteiger partial charge in [-0.2, -0.15) is 0 Å². The van der Waals surface area contributed by atoms with Gasteiger partial charge in [-0.25, -0.2) is 4.98 Å². The Morgan fingerprint density at radius 1 is 1.46 bits per heavy atom. The molecule has 3 rings (SSSR count). The second-order valence-electron chi connectivity index (χ2n) is 6.18. The summed E-state index contributed by atoms with van der Waals surface area (Å²) in [4.78, 5) is 19.3. The zero-order valence-corrected chi connectivity index (χ0v) is 15.7. The van der Waals surface area contributed by atoms with Crippen LogP contribution in [0.1, 0.15) is 35.8 Å². The van der Waals surface area contributed by atoms with E-state index in [1.807, 2.05) is 5.38 Å². The second-order valence-corrected chi connectivity index (χ2v) is 7.83. The standard InChI is InChI=1S/C17H19Cl2N3OS/c1-11-4-3-7-22(8-11)9-12-10-24-17(20-12)21-16(23)13-5-2-6-14(18)15(13)19/h2,5-6,10-11H,3-4,7-9H2,1H3,(H,20,21,23). The topological polar surface area (TPSA) is 45.2 Å². The fraction of sp³-hybridized carbons (Fsp3) is 0.412. The number of halogens is 2. The maximum absolute atomic E-state index is 12.3. The monoisotopic (exact) mass is 383 g/mol. The van der Waals surface area contributed by atoms with Crippen molar-refractivity contribution < 1.29 is 4.79 Å². The number of carbonyl (C=O) groups is 1. The van der Waals surface area contributed by atoms with Crippen LogP contribution in [0.2, 0.25) is 10.0 Å². The zero-order valence-electron chi connectivity index (χ0n) is 13.4. The fourth-order valence-corrected chi connectivity index (χ4v) is 4.02. The van der Waals surface area contributed by atoms with E-state index in [1.165, 1.54) is 24.2 Å². The lowest BCUT2D eigenvalue weighted by molar-refractivity contribution is 0.102. The Bertz CT molecular complexity index is 734. The first-order valence-corrected chi connectivity index (χ1v) is 9.58. The lowest BCUT2D eigenvalue weighted by Gasteiger charge is -2.30. The van der Waals surface area contributed by atoms with Gasteiger partial charge in [0.15, 0.2) is 5.13 Å². The highest BCUT2D eigenvalue weighted by Gasteiger charge is 2.18. The first-order valence-electron chi connectivity index (χ1n) is 7.95. The van der Waals surface area contributed by atoms with Gasteiger partial charge in [-0.15, -0.1) is 11.3 Å². The Hall–Kier alpha value is -1.14. The third kappa shape index (κ3) is 4.28. The van der Waals surface area contributed by atoms with E-state index in [1.54, 1.807) is 18.2 Å².